The van der Waals surface area contributed by atoms with Crippen LogP contribution in [0.15, 0.2) is 24.3 Å². The van der Waals surface area contributed by atoms with E-state index in [1.54, 1.807) is 4.90 Å². The Hall–Kier alpha value is -1.85. The van der Waals surface area contributed by atoms with Crippen molar-refractivity contribution in [2.75, 3.05) is 71.8 Å². The van der Waals surface area contributed by atoms with E-state index in [0.717, 1.165) is 44.8 Å². The van der Waals surface area contributed by atoms with Crippen molar-refractivity contribution in [3.8, 4) is 0 Å². The average molecular weight is 506 g/mol. The fourth-order valence-corrected chi connectivity index (χ4v) is 6.01. The molecule has 0 saturated carbocycles. The van der Waals surface area contributed by atoms with E-state index in [-0.39, 0.29) is 28.5 Å². The zero-order valence-electron chi connectivity index (χ0n) is 21.6. The van der Waals surface area contributed by atoms with Crippen LogP contribution in [-0.4, -0.2) is 116 Å². The fraction of sp³-hybridized carbons (Fsp3) is 0.680. The van der Waals surface area contributed by atoms with Crippen LogP contribution in [0, 0.1) is 0 Å². The van der Waals surface area contributed by atoms with Crippen LogP contribution in [0.25, 0.3) is 0 Å². The minimum Gasteiger partial charge on any atom is -0.383 e. The summed E-state index contributed by atoms with van der Waals surface area (Å²) in [7, 11) is 4.02. The number of piperazine rings is 1. The number of thioether (sulfide) groups is 1. The Morgan fingerprint density at radius 2 is 1.89 bits per heavy atom. The highest BCUT2D eigenvalue weighted by Crippen LogP contribution is 2.33. The van der Waals surface area contributed by atoms with Gasteiger partial charge in [-0.15, -0.1) is 11.8 Å². The van der Waals surface area contributed by atoms with Crippen LogP contribution in [0.1, 0.15) is 19.4 Å². The van der Waals surface area contributed by atoms with E-state index in [9.17, 15) is 9.59 Å². The molecule has 0 aliphatic carbocycles. The minimum absolute atomic E-state index is 0.0299. The van der Waals surface area contributed by atoms with Crippen molar-refractivity contribution in [3.05, 3.63) is 29.8 Å². The first kappa shape index (κ1) is 27.7. The van der Waals surface area contributed by atoms with E-state index in [1.807, 2.05) is 20.9 Å². The maximum absolute atomic E-state index is 13.0. The summed E-state index contributed by atoms with van der Waals surface area (Å²) in [5, 5.41) is 8.73. The standard InChI is InChI=1S/C25H43N7O2S/c1-5-32-24(34)21(35-25(32)22(26)23(33)29-18(2)16-27-3)17-28-20-8-6-19(7-9-20)10-11-31-14-12-30(4)13-15-31/h6-9,18,21-22,25,27-28H,5,10-17,26H2,1-4H3,(H,29,33)/t18?,21-,22-,25?/m1/s1. The molecule has 196 valence electrons. The summed E-state index contributed by atoms with van der Waals surface area (Å²) in [5.74, 6) is -0.192. The molecule has 2 fully saturated rings. The van der Waals surface area contributed by atoms with E-state index in [0.29, 0.717) is 19.6 Å². The molecule has 3 rings (SSSR count). The number of nitrogens with one attached hydrogen (secondary N) is 3. The van der Waals surface area contributed by atoms with Gasteiger partial charge in [0.1, 0.15) is 16.7 Å². The smallest absolute Gasteiger partial charge is 0.240 e. The zero-order valence-corrected chi connectivity index (χ0v) is 22.4. The lowest BCUT2D eigenvalue weighted by Gasteiger charge is -2.32. The van der Waals surface area contributed by atoms with Gasteiger partial charge in [-0.2, -0.15) is 0 Å². The summed E-state index contributed by atoms with van der Waals surface area (Å²) in [5.41, 5.74) is 8.62. The number of hydrogen-bond donors (Lipinski definition) is 4. The SMILES string of the molecule is CCN1C(=O)[C@@H](CNc2ccc(CCN3CCN(C)CC3)cc2)SC1[C@H](N)C(=O)NC(C)CNC. The number of nitrogens with two attached hydrogens (primary N) is 1. The summed E-state index contributed by atoms with van der Waals surface area (Å²) in [6.07, 6.45) is 1.04. The van der Waals surface area contributed by atoms with Gasteiger partial charge in [-0.1, -0.05) is 12.1 Å². The van der Waals surface area contributed by atoms with Crippen molar-refractivity contribution in [3.63, 3.8) is 0 Å². The van der Waals surface area contributed by atoms with Crippen LogP contribution in [0.5, 0.6) is 0 Å². The number of nitrogens with zero attached hydrogens (tertiary/aromatic N) is 3. The number of amides is 2. The average Bonchev–Trinajstić information content (AvgIpc) is 3.17. The Kier molecular flexibility index (Phi) is 10.7. The van der Waals surface area contributed by atoms with Crippen molar-refractivity contribution in [2.45, 2.75) is 43.0 Å². The van der Waals surface area contributed by atoms with E-state index >= 15 is 0 Å². The van der Waals surface area contributed by atoms with Crippen LogP contribution in [0.2, 0.25) is 0 Å². The van der Waals surface area contributed by atoms with Gasteiger partial charge < -0.3 is 36.4 Å². The lowest BCUT2D eigenvalue weighted by molar-refractivity contribution is -0.131. The molecule has 10 heteroatoms. The molecule has 0 aromatic heterocycles. The first-order chi connectivity index (χ1) is 16.8. The number of hydrogen-bond acceptors (Lipinski definition) is 8. The second kappa shape index (κ2) is 13.5. The normalized spacial score (nSPS) is 23.3. The van der Waals surface area contributed by atoms with Gasteiger partial charge in [0, 0.05) is 64.1 Å². The molecule has 0 radical (unpaired) electrons. The molecule has 2 heterocycles. The predicted octanol–water partition coefficient (Wildman–Crippen LogP) is 0.230. The van der Waals surface area contributed by atoms with E-state index < -0.39 is 6.04 Å². The minimum atomic E-state index is -0.771. The van der Waals surface area contributed by atoms with Gasteiger partial charge in [0.05, 0.1) is 0 Å². The second-order valence-electron chi connectivity index (χ2n) is 9.61. The molecule has 5 N–H and O–H groups in total. The number of anilines is 1. The maximum atomic E-state index is 13.0. The molecule has 4 atom stereocenters. The molecule has 2 unspecified atom stereocenters. The van der Waals surface area contributed by atoms with Gasteiger partial charge in [0.15, 0.2) is 0 Å². The van der Waals surface area contributed by atoms with Crippen molar-refractivity contribution in [1.29, 1.82) is 0 Å². The first-order valence-electron chi connectivity index (χ1n) is 12.7. The van der Waals surface area contributed by atoms with Gasteiger partial charge in [0.2, 0.25) is 11.8 Å². The third kappa shape index (κ3) is 7.82. The molecule has 2 aliphatic heterocycles. The summed E-state index contributed by atoms with van der Waals surface area (Å²) in [4.78, 5) is 32.3. The highest BCUT2D eigenvalue weighted by atomic mass is 32.2. The van der Waals surface area contributed by atoms with Crippen LogP contribution >= 0.6 is 11.8 Å². The van der Waals surface area contributed by atoms with E-state index in [2.05, 4.69) is 57.1 Å². The van der Waals surface area contributed by atoms with Gasteiger partial charge in [0.25, 0.3) is 0 Å². The van der Waals surface area contributed by atoms with Crippen LogP contribution in [0.3, 0.4) is 0 Å². The molecule has 2 saturated heterocycles. The lowest BCUT2D eigenvalue weighted by Crippen LogP contribution is -2.55. The Labute approximate surface area is 214 Å². The zero-order chi connectivity index (χ0) is 25.4. The Morgan fingerprint density at radius 3 is 2.51 bits per heavy atom. The molecule has 9 nitrogen and oxygen atoms in total. The highest BCUT2D eigenvalue weighted by molar-refractivity contribution is 8.01. The fourth-order valence-electron chi connectivity index (χ4n) is 4.54. The monoisotopic (exact) mass is 505 g/mol. The van der Waals surface area contributed by atoms with Crippen molar-refractivity contribution >= 4 is 29.3 Å². The number of rotatable bonds is 12. The number of carbonyl (C=O) groups is 2. The lowest BCUT2D eigenvalue weighted by atomic mass is 10.1. The van der Waals surface area contributed by atoms with Gasteiger partial charge >= 0.3 is 0 Å². The summed E-state index contributed by atoms with van der Waals surface area (Å²) >= 11 is 1.48. The van der Waals surface area contributed by atoms with E-state index in [4.69, 9.17) is 5.73 Å². The van der Waals surface area contributed by atoms with Crippen molar-refractivity contribution < 1.29 is 9.59 Å². The number of benzene rings is 1. The summed E-state index contributed by atoms with van der Waals surface area (Å²) < 4.78 is 0. The van der Waals surface area contributed by atoms with Crippen LogP contribution < -0.4 is 21.7 Å². The number of likely N-dealkylation sites (N-methyl/N-ethyl adjacent to an activating group) is 3. The summed E-state index contributed by atoms with van der Waals surface area (Å²) in [6, 6.07) is 7.69. The molecule has 35 heavy (non-hydrogen) atoms. The maximum Gasteiger partial charge on any atom is 0.240 e. The highest BCUT2D eigenvalue weighted by Gasteiger charge is 2.44. The largest absolute Gasteiger partial charge is 0.383 e. The summed E-state index contributed by atoms with van der Waals surface area (Å²) in [6.45, 7) is 11.2. The molecule has 0 spiro atoms. The Morgan fingerprint density at radius 1 is 1.20 bits per heavy atom. The topological polar surface area (TPSA) is 106 Å². The number of carbonyl (C=O) groups excluding carboxylic acids is 2. The molecule has 0 bridgehead atoms. The Balaban J connectivity index is 1.48. The molecular weight excluding hydrogens is 462 g/mol. The van der Waals surface area contributed by atoms with Gasteiger partial charge in [-0.3, -0.25) is 9.59 Å². The Bertz CT molecular complexity index is 817. The third-order valence-electron chi connectivity index (χ3n) is 6.78. The van der Waals surface area contributed by atoms with Crippen molar-refractivity contribution in [1.82, 2.24) is 25.3 Å². The van der Waals surface area contributed by atoms with Crippen LogP contribution in [0.4, 0.5) is 5.69 Å². The molecule has 2 aliphatic rings. The van der Waals surface area contributed by atoms with Gasteiger partial charge in [-0.05, 0) is 52.1 Å². The third-order valence-corrected chi connectivity index (χ3v) is 8.30. The van der Waals surface area contributed by atoms with Crippen LogP contribution in [-0.2, 0) is 16.0 Å². The first-order valence-corrected chi connectivity index (χ1v) is 13.7. The van der Waals surface area contributed by atoms with Crippen molar-refractivity contribution in [2.24, 2.45) is 5.73 Å². The molecule has 1 aromatic carbocycles. The second-order valence-corrected chi connectivity index (χ2v) is 10.9. The predicted molar refractivity (Wildman–Crippen MR) is 145 cm³/mol. The quantitative estimate of drug-likeness (QED) is 0.320. The van der Waals surface area contributed by atoms with Gasteiger partial charge in [-0.25, -0.2) is 0 Å². The van der Waals surface area contributed by atoms with E-state index in [1.165, 1.54) is 17.3 Å². The molecule has 2 amide bonds. The molecular formula is C25H43N7O2S. The molecule has 1 aromatic rings.